The second-order valence-electron chi connectivity index (χ2n) is 5.43. The molecule has 0 bridgehead atoms. The lowest BCUT2D eigenvalue weighted by molar-refractivity contribution is 0.0486. The monoisotopic (exact) mass is 325 g/mol. The average molecular weight is 325 g/mol. The fourth-order valence-electron chi connectivity index (χ4n) is 2.09. The van der Waals surface area contributed by atoms with Crippen LogP contribution in [0.15, 0.2) is 17.4 Å². The van der Waals surface area contributed by atoms with Crippen molar-refractivity contribution in [1.29, 1.82) is 0 Å². The highest BCUT2D eigenvalue weighted by Crippen LogP contribution is 2.01. The van der Waals surface area contributed by atoms with E-state index >= 15 is 0 Å². The lowest BCUT2D eigenvalue weighted by atomic mass is 10.3. The number of hydrogen-bond acceptors (Lipinski definition) is 4. The van der Waals surface area contributed by atoms with Crippen LogP contribution in [0.25, 0.3) is 0 Å². The van der Waals surface area contributed by atoms with Crippen molar-refractivity contribution in [3.8, 4) is 0 Å². The van der Waals surface area contributed by atoms with Gasteiger partial charge in [0, 0.05) is 52.6 Å². The van der Waals surface area contributed by atoms with Crippen molar-refractivity contribution in [2.45, 2.75) is 26.3 Å². The van der Waals surface area contributed by atoms with Crippen molar-refractivity contribution in [3.63, 3.8) is 0 Å². The molecule has 0 atom stereocenters. The number of nitrogens with zero attached hydrogens (tertiary/aromatic N) is 4. The fourth-order valence-corrected chi connectivity index (χ4v) is 2.09. The summed E-state index contributed by atoms with van der Waals surface area (Å²) in [5, 5.41) is 7.47. The quantitative estimate of drug-likeness (QED) is 0.377. The summed E-state index contributed by atoms with van der Waals surface area (Å²) in [4.78, 5) is 6.34. The molecule has 0 saturated heterocycles. The molecule has 0 aliphatic carbocycles. The maximum Gasteiger partial charge on any atom is 0.193 e. The number of rotatable bonds is 11. The van der Waals surface area contributed by atoms with E-state index in [0.29, 0.717) is 19.8 Å². The van der Waals surface area contributed by atoms with Gasteiger partial charge in [-0.3, -0.25) is 9.67 Å². The summed E-state index contributed by atoms with van der Waals surface area (Å²) in [6.45, 7) is 6.40. The number of guanidine groups is 1. The first-order valence-electron chi connectivity index (χ1n) is 8.22. The van der Waals surface area contributed by atoms with Gasteiger partial charge in [0.25, 0.3) is 0 Å². The first-order chi connectivity index (χ1) is 11.2. The molecule has 0 amide bonds. The van der Waals surface area contributed by atoms with Crippen LogP contribution < -0.4 is 5.32 Å². The minimum atomic E-state index is 0.634. The van der Waals surface area contributed by atoms with Gasteiger partial charge in [0.1, 0.15) is 0 Å². The molecule has 0 fully saturated rings. The van der Waals surface area contributed by atoms with Crippen LogP contribution in [0.2, 0.25) is 0 Å². The zero-order chi connectivity index (χ0) is 16.9. The number of hydrogen-bond donors (Lipinski definition) is 1. The lowest BCUT2D eigenvalue weighted by Gasteiger charge is -2.21. The van der Waals surface area contributed by atoms with Crippen LogP contribution in [0, 0.1) is 0 Å². The lowest BCUT2D eigenvalue weighted by Crippen LogP contribution is -2.40. The normalized spacial score (nSPS) is 11.7. The van der Waals surface area contributed by atoms with Crippen molar-refractivity contribution < 1.29 is 9.47 Å². The number of ether oxygens (including phenoxy) is 2. The summed E-state index contributed by atoms with van der Waals surface area (Å²) in [5.41, 5.74) is 1.15. The van der Waals surface area contributed by atoms with Crippen LogP contribution in [0.5, 0.6) is 0 Å². The molecule has 7 heteroatoms. The minimum absolute atomic E-state index is 0.634. The predicted octanol–water partition coefficient (Wildman–Crippen LogP) is 1.26. The van der Waals surface area contributed by atoms with Crippen LogP contribution in [0.3, 0.4) is 0 Å². The van der Waals surface area contributed by atoms with Crippen LogP contribution in [-0.2, 0) is 23.1 Å². The molecule has 1 rings (SSSR count). The Balaban J connectivity index is 2.11. The Morgan fingerprint density at radius 1 is 1.30 bits per heavy atom. The first kappa shape index (κ1) is 19.4. The summed E-state index contributed by atoms with van der Waals surface area (Å²) in [6, 6.07) is 0. The van der Waals surface area contributed by atoms with Crippen LogP contribution in [0.4, 0.5) is 0 Å². The van der Waals surface area contributed by atoms with E-state index < -0.39 is 0 Å². The third kappa shape index (κ3) is 8.56. The second kappa shape index (κ2) is 11.9. The largest absolute Gasteiger partial charge is 0.379 e. The highest BCUT2D eigenvalue weighted by Gasteiger charge is 2.07. The van der Waals surface area contributed by atoms with E-state index in [-0.39, 0.29) is 0 Å². The molecule has 0 aliphatic rings. The van der Waals surface area contributed by atoms with Gasteiger partial charge in [-0.15, -0.1) is 0 Å². The molecule has 1 aromatic rings. The molecule has 0 aromatic carbocycles. The van der Waals surface area contributed by atoms with Crippen LogP contribution in [0.1, 0.15) is 25.3 Å². The highest BCUT2D eigenvalue weighted by atomic mass is 16.5. The Morgan fingerprint density at radius 3 is 2.65 bits per heavy atom. The van der Waals surface area contributed by atoms with Crippen molar-refractivity contribution in [2.24, 2.45) is 12.0 Å². The number of unbranched alkanes of at least 4 members (excludes halogenated alkanes) is 1. The van der Waals surface area contributed by atoms with Gasteiger partial charge in [0.05, 0.1) is 26.0 Å². The van der Waals surface area contributed by atoms with Crippen LogP contribution >= 0.6 is 0 Å². The summed E-state index contributed by atoms with van der Waals surface area (Å²) in [6.07, 6.45) is 6.15. The maximum absolute atomic E-state index is 5.54. The summed E-state index contributed by atoms with van der Waals surface area (Å²) in [5.74, 6) is 0.844. The Labute approximate surface area is 139 Å². The molecule has 1 heterocycles. The van der Waals surface area contributed by atoms with Crippen molar-refractivity contribution in [1.82, 2.24) is 20.0 Å². The molecule has 0 spiro atoms. The molecule has 1 N–H and O–H groups in total. The molecule has 132 valence electrons. The Morgan fingerprint density at radius 2 is 2.04 bits per heavy atom. The number of aromatic nitrogens is 2. The smallest absolute Gasteiger partial charge is 0.193 e. The standard InChI is InChI=1S/C16H31N5O2/c1-5-6-8-22-10-11-23-9-7-18-16(17-2)20(3)13-15-12-19-21(4)14-15/h12,14H,5-11,13H2,1-4H3,(H,17,18). The molecule has 0 unspecified atom stereocenters. The van der Waals surface area contributed by atoms with Crippen molar-refractivity contribution in [2.75, 3.05) is 47.1 Å². The zero-order valence-electron chi connectivity index (χ0n) is 14.9. The van der Waals surface area contributed by atoms with E-state index in [1.165, 1.54) is 0 Å². The van der Waals surface area contributed by atoms with Gasteiger partial charge in [0.15, 0.2) is 5.96 Å². The van der Waals surface area contributed by atoms with Gasteiger partial charge in [-0.05, 0) is 6.42 Å². The van der Waals surface area contributed by atoms with Gasteiger partial charge < -0.3 is 19.7 Å². The third-order valence-electron chi connectivity index (χ3n) is 3.30. The molecule has 0 saturated carbocycles. The van der Waals surface area contributed by atoms with Gasteiger partial charge in [-0.2, -0.15) is 5.10 Å². The average Bonchev–Trinajstić information content (AvgIpc) is 2.94. The topological polar surface area (TPSA) is 63.9 Å². The minimum Gasteiger partial charge on any atom is -0.379 e. The molecule has 0 aliphatic heterocycles. The third-order valence-corrected chi connectivity index (χ3v) is 3.30. The highest BCUT2D eigenvalue weighted by molar-refractivity contribution is 5.79. The number of aryl methyl sites for hydroxylation is 1. The summed E-state index contributed by atoms with van der Waals surface area (Å²) < 4.78 is 12.8. The van der Waals surface area contributed by atoms with E-state index in [1.807, 2.05) is 26.5 Å². The Kier molecular flexibility index (Phi) is 10.1. The molecule has 0 radical (unpaired) electrons. The maximum atomic E-state index is 5.54. The molecule has 7 nitrogen and oxygen atoms in total. The Bertz CT molecular complexity index is 447. The molecule has 1 aromatic heterocycles. The van der Waals surface area contributed by atoms with E-state index in [9.17, 15) is 0 Å². The number of aliphatic imine (C=N–C) groups is 1. The predicted molar refractivity (Wildman–Crippen MR) is 92.6 cm³/mol. The molecular formula is C16H31N5O2. The van der Waals surface area contributed by atoms with Gasteiger partial charge in [0.2, 0.25) is 0 Å². The van der Waals surface area contributed by atoms with E-state index in [4.69, 9.17) is 9.47 Å². The van der Waals surface area contributed by atoms with Crippen molar-refractivity contribution in [3.05, 3.63) is 18.0 Å². The van der Waals surface area contributed by atoms with Gasteiger partial charge in [-0.1, -0.05) is 13.3 Å². The van der Waals surface area contributed by atoms with E-state index in [0.717, 1.165) is 44.1 Å². The van der Waals surface area contributed by atoms with E-state index in [2.05, 4.69) is 27.2 Å². The Hall–Kier alpha value is -1.60. The van der Waals surface area contributed by atoms with Crippen LogP contribution in [-0.4, -0.2) is 67.7 Å². The van der Waals surface area contributed by atoms with Gasteiger partial charge >= 0.3 is 0 Å². The molecular weight excluding hydrogens is 294 g/mol. The van der Waals surface area contributed by atoms with E-state index in [1.54, 1.807) is 11.7 Å². The van der Waals surface area contributed by atoms with Gasteiger partial charge in [-0.25, -0.2) is 0 Å². The fraction of sp³-hybridized carbons (Fsp3) is 0.750. The van der Waals surface area contributed by atoms with Crippen molar-refractivity contribution >= 4 is 5.96 Å². The SMILES string of the molecule is CCCCOCCOCCNC(=NC)N(C)Cc1cnn(C)c1. The zero-order valence-corrected chi connectivity index (χ0v) is 14.9. The number of nitrogens with one attached hydrogen (secondary N) is 1. The summed E-state index contributed by atoms with van der Waals surface area (Å²) in [7, 11) is 5.70. The first-order valence-corrected chi connectivity index (χ1v) is 8.22. The summed E-state index contributed by atoms with van der Waals surface area (Å²) >= 11 is 0. The second-order valence-corrected chi connectivity index (χ2v) is 5.43. The molecule has 23 heavy (non-hydrogen) atoms.